The van der Waals surface area contributed by atoms with Crippen LogP contribution in [0.1, 0.15) is 31.5 Å². The fraction of sp³-hybridized carbons (Fsp3) is 0.500. The van der Waals surface area contributed by atoms with E-state index in [0.717, 1.165) is 54.0 Å². The third-order valence-corrected chi connectivity index (χ3v) is 8.88. The molecule has 0 atom stereocenters. The van der Waals surface area contributed by atoms with Crippen LogP contribution in [-0.2, 0) is 6.42 Å². The highest BCUT2D eigenvalue weighted by atomic mass is 79.9. The smallest absolute Gasteiger partial charge is 0.107 e. The van der Waals surface area contributed by atoms with E-state index in [1.165, 1.54) is 12.8 Å². The fourth-order valence-corrected chi connectivity index (χ4v) is 5.19. The Bertz CT molecular complexity index is 630. The van der Waals surface area contributed by atoms with Crippen LogP contribution in [0.3, 0.4) is 0 Å². The molecule has 0 unspecified atom stereocenters. The van der Waals surface area contributed by atoms with Crippen molar-refractivity contribution in [2.75, 3.05) is 0 Å². The normalized spacial score (nSPS) is 22.9. The number of aromatic amines is 1. The molecule has 1 aromatic carbocycles. The summed E-state index contributed by atoms with van der Waals surface area (Å²) in [5.41, 5.74) is 7.96. The van der Waals surface area contributed by atoms with Gasteiger partial charge in [0.15, 0.2) is 0 Å². The van der Waals surface area contributed by atoms with Crippen molar-refractivity contribution >= 4 is 74.8 Å². The molecular weight excluding hydrogens is 530 g/mol. The fourth-order valence-electron chi connectivity index (χ4n) is 2.91. The molecule has 1 saturated carbocycles. The van der Waals surface area contributed by atoms with Gasteiger partial charge in [0.05, 0.1) is 14.5 Å². The summed E-state index contributed by atoms with van der Waals surface area (Å²) in [6.07, 6.45) is 5.67. The Hall–Kier alpha value is 0.570. The summed E-state index contributed by atoms with van der Waals surface area (Å²) in [4.78, 5) is 8.23. The van der Waals surface area contributed by atoms with Crippen LogP contribution < -0.4 is 5.73 Å². The molecular formula is C14H15Br4N3. The molecule has 3 N–H and O–H groups in total. The van der Waals surface area contributed by atoms with Crippen LogP contribution in [0.25, 0.3) is 11.0 Å². The van der Waals surface area contributed by atoms with Crippen molar-refractivity contribution in [1.82, 2.24) is 9.97 Å². The van der Waals surface area contributed by atoms with Gasteiger partial charge in [-0.1, -0.05) is 0 Å². The Morgan fingerprint density at radius 2 is 1.57 bits per heavy atom. The van der Waals surface area contributed by atoms with Crippen LogP contribution in [0.2, 0.25) is 0 Å². The summed E-state index contributed by atoms with van der Waals surface area (Å²) < 4.78 is 3.93. The van der Waals surface area contributed by atoms with Crippen molar-refractivity contribution in [2.24, 2.45) is 11.7 Å². The molecule has 1 aromatic heterocycles. The summed E-state index contributed by atoms with van der Waals surface area (Å²) in [5, 5.41) is 0. The number of nitrogens with two attached hydrogens (primary N) is 1. The van der Waals surface area contributed by atoms with E-state index in [9.17, 15) is 0 Å². The van der Waals surface area contributed by atoms with Gasteiger partial charge in [0, 0.05) is 21.4 Å². The monoisotopic (exact) mass is 541 g/mol. The second kappa shape index (κ2) is 6.59. The number of aromatic nitrogens is 2. The van der Waals surface area contributed by atoms with Gasteiger partial charge in [-0.3, -0.25) is 0 Å². The predicted molar refractivity (Wildman–Crippen MR) is 101 cm³/mol. The lowest BCUT2D eigenvalue weighted by Gasteiger charge is -2.25. The maximum absolute atomic E-state index is 5.98. The van der Waals surface area contributed by atoms with Crippen LogP contribution in [-0.4, -0.2) is 16.0 Å². The van der Waals surface area contributed by atoms with E-state index in [4.69, 9.17) is 10.7 Å². The van der Waals surface area contributed by atoms with E-state index in [-0.39, 0.29) is 0 Å². The molecule has 0 bridgehead atoms. The molecule has 21 heavy (non-hydrogen) atoms. The van der Waals surface area contributed by atoms with Crippen LogP contribution in [0.4, 0.5) is 0 Å². The first-order valence-corrected chi connectivity index (χ1v) is 10.1. The number of rotatable bonds is 2. The zero-order valence-corrected chi connectivity index (χ0v) is 17.6. The summed E-state index contributed by atoms with van der Waals surface area (Å²) in [6.45, 7) is 0. The molecule has 0 amide bonds. The van der Waals surface area contributed by atoms with Crippen LogP contribution in [0.15, 0.2) is 17.9 Å². The van der Waals surface area contributed by atoms with Crippen molar-refractivity contribution in [3.05, 3.63) is 23.7 Å². The SMILES string of the molecule is NC1CCC(Cc2nc3c(Br)c(Br)c(Br)c(Br)c3[nH]2)CC1. The minimum absolute atomic E-state index is 0.395. The van der Waals surface area contributed by atoms with Crippen molar-refractivity contribution in [3.8, 4) is 0 Å². The third kappa shape index (κ3) is 3.27. The molecule has 0 saturated heterocycles. The highest BCUT2D eigenvalue weighted by Gasteiger charge is 2.22. The quantitative estimate of drug-likeness (QED) is 0.378. The van der Waals surface area contributed by atoms with Gasteiger partial charge in [-0.25, -0.2) is 4.98 Å². The second-order valence-electron chi connectivity index (χ2n) is 5.65. The lowest BCUT2D eigenvalue weighted by Crippen LogP contribution is -2.27. The molecule has 114 valence electrons. The summed E-state index contributed by atoms with van der Waals surface area (Å²) in [5.74, 6) is 1.74. The molecule has 1 heterocycles. The molecule has 1 aliphatic rings. The maximum Gasteiger partial charge on any atom is 0.107 e. The summed E-state index contributed by atoms with van der Waals surface area (Å²) >= 11 is 14.4. The molecule has 1 fully saturated rings. The molecule has 0 spiro atoms. The standard InChI is InChI=1S/C14H15Br4N3/c15-9-10(16)12(18)14-13(11(9)17)20-8(21-14)5-6-1-3-7(19)4-2-6/h6-7H,1-5,19H2,(H,20,21). The summed E-state index contributed by atoms with van der Waals surface area (Å²) in [7, 11) is 0. The van der Waals surface area contributed by atoms with Crippen molar-refractivity contribution < 1.29 is 0 Å². The number of nitrogens with zero attached hydrogens (tertiary/aromatic N) is 1. The van der Waals surface area contributed by atoms with E-state index in [1.807, 2.05) is 0 Å². The van der Waals surface area contributed by atoms with Crippen LogP contribution in [0, 0.1) is 5.92 Å². The van der Waals surface area contributed by atoms with Gasteiger partial charge in [0.25, 0.3) is 0 Å². The molecule has 1 aliphatic carbocycles. The highest BCUT2D eigenvalue weighted by Crippen LogP contribution is 2.42. The predicted octanol–water partition coefficient (Wildman–Crippen LogP) is 5.67. The van der Waals surface area contributed by atoms with E-state index in [1.54, 1.807) is 0 Å². The lowest BCUT2D eigenvalue weighted by atomic mass is 9.84. The average Bonchev–Trinajstić information content (AvgIpc) is 2.89. The molecule has 3 rings (SSSR count). The zero-order chi connectivity index (χ0) is 15.1. The first-order valence-electron chi connectivity index (χ1n) is 6.93. The number of nitrogens with one attached hydrogen (secondary N) is 1. The molecule has 7 heteroatoms. The Balaban J connectivity index is 1.91. The van der Waals surface area contributed by atoms with Crippen LogP contribution >= 0.6 is 63.7 Å². The molecule has 0 aliphatic heterocycles. The van der Waals surface area contributed by atoms with Crippen molar-refractivity contribution in [1.29, 1.82) is 0 Å². The number of imidazole rings is 1. The van der Waals surface area contributed by atoms with Crippen LogP contribution in [0.5, 0.6) is 0 Å². The lowest BCUT2D eigenvalue weighted by molar-refractivity contribution is 0.321. The first-order chi connectivity index (χ1) is 9.97. The largest absolute Gasteiger partial charge is 0.341 e. The molecule has 0 radical (unpaired) electrons. The molecule has 3 nitrogen and oxygen atoms in total. The van der Waals surface area contributed by atoms with Gasteiger partial charge in [-0.2, -0.15) is 0 Å². The van der Waals surface area contributed by atoms with E-state index < -0.39 is 0 Å². The van der Waals surface area contributed by atoms with Gasteiger partial charge in [-0.05, 0) is 95.3 Å². The number of H-pyrrole nitrogens is 1. The third-order valence-electron chi connectivity index (χ3n) is 4.13. The van der Waals surface area contributed by atoms with E-state index in [0.29, 0.717) is 12.0 Å². The highest BCUT2D eigenvalue weighted by molar-refractivity contribution is 9.15. The number of hydrogen-bond acceptors (Lipinski definition) is 2. The minimum atomic E-state index is 0.395. The van der Waals surface area contributed by atoms with Crippen molar-refractivity contribution in [3.63, 3.8) is 0 Å². The Labute approximate surface area is 157 Å². The Morgan fingerprint density at radius 1 is 0.952 bits per heavy atom. The second-order valence-corrected chi connectivity index (χ2v) is 8.82. The van der Waals surface area contributed by atoms with Gasteiger partial charge in [-0.15, -0.1) is 0 Å². The van der Waals surface area contributed by atoms with Gasteiger partial charge >= 0.3 is 0 Å². The minimum Gasteiger partial charge on any atom is -0.341 e. The first kappa shape index (κ1) is 16.4. The van der Waals surface area contributed by atoms with Gasteiger partial charge < -0.3 is 10.7 Å². The Kier molecular flexibility index (Phi) is 5.16. The summed E-state index contributed by atoms with van der Waals surface area (Å²) in [6, 6.07) is 0.395. The van der Waals surface area contributed by atoms with E-state index in [2.05, 4.69) is 68.7 Å². The Morgan fingerprint density at radius 3 is 2.24 bits per heavy atom. The number of halogens is 4. The number of fused-ring (bicyclic) bond motifs is 1. The zero-order valence-electron chi connectivity index (χ0n) is 11.2. The molecule has 2 aromatic rings. The van der Waals surface area contributed by atoms with E-state index >= 15 is 0 Å². The van der Waals surface area contributed by atoms with Gasteiger partial charge in [0.1, 0.15) is 11.3 Å². The number of benzene rings is 1. The topological polar surface area (TPSA) is 54.7 Å². The average molecular weight is 545 g/mol. The maximum atomic E-state index is 5.98. The van der Waals surface area contributed by atoms with Crippen molar-refractivity contribution in [2.45, 2.75) is 38.1 Å². The number of hydrogen-bond donors (Lipinski definition) is 2. The van der Waals surface area contributed by atoms with Gasteiger partial charge in [0.2, 0.25) is 0 Å².